The predicted molar refractivity (Wildman–Crippen MR) is 172 cm³/mol. The fraction of sp³-hybridized carbons (Fsp3) is 0.438. The van der Waals surface area contributed by atoms with Crippen LogP contribution in [0.25, 0.3) is 22.0 Å². The Hall–Kier alpha value is -3.04. The first kappa shape index (κ1) is 31.9. The minimum atomic E-state index is -0.896. The lowest BCUT2D eigenvalue weighted by atomic mass is 9.98. The number of rotatable bonds is 10. The van der Waals surface area contributed by atoms with Crippen LogP contribution in [-0.4, -0.2) is 69.7 Å². The van der Waals surface area contributed by atoms with Gasteiger partial charge in [-0.1, -0.05) is 29.8 Å². The monoisotopic (exact) mass is 613 g/mol. The molecule has 0 unspecified atom stereocenters. The number of hydrogen-bond acceptors (Lipinski definition) is 5. The number of para-hydroxylation sites is 1. The van der Waals surface area contributed by atoms with Crippen LogP contribution in [0.3, 0.4) is 0 Å². The number of carboxylic acids is 1. The lowest BCUT2D eigenvalue weighted by Crippen LogP contribution is -2.44. The molecule has 5 rings (SSSR count). The van der Waals surface area contributed by atoms with Gasteiger partial charge in [-0.25, -0.2) is 4.79 Å². The number of piperazine rings is 1. The van der Waals surface area contributed by atoms with Gasteiger partial charge >= 0.3 is 5.97 Å². The third kappa shape index (κ3) is 6.32. The van der Waals surface area contributed by atoms with Crippen molar-refractivity contribution < 1.29 is 14.6 Å². The Kier molecular flexibility index (Phi) is 10.3. The van der Waals surface area contributed by atoms with Crippen LogP contribution in [0.1, 0.15) is 45.0 Å². The summed E-state index contributed by atoms with van der Waals surface area (Å²) in [5.74, 6) is -0.113. The molecular weight excluding hydrogens is 573 g/mol. The zero-order valence-electron chi connectivity index (χ0n) is 25.1. The van der Waals surface area contributed by atoms with Crippen molar-refractivity contribution in [2.45, 2.75) is 47.1 Å². The Labute approximate surface area is 259 Å². The van der Waals surface area contributed by atoms with Crippen LogP contribution in [-0.2, 0) is 20.0 Å². The van der Waals surface area contributed by atoms with Crippen LogP contribution >= 0.6 is 24.0 Å². The first-order chi connectivity index (χ1) is 19.7. The van der Waals surface area contributed by atoms with Gasteiger partial charge in [-0.2, -0.15) is 5.10 Å². The van der Waals surface area contributed by atoms with Gasteiger partial charge in [0.05, 0.1) is 17.8 Å². The first-order valence-electron chi connectivity index (χ1n) is 14.4. The minimum Gasteiger partial charge on any atom is -0.494 e. The summed E-state index contributed by atoms with van der Waals surface area (Å²) in [5, 5.41) is 20.4. The van der Waals surface area contributed by atoms with Gasteiger partial charge in [0.1, 0.15) is 11.4 Å². The number of hydrogen-bond donors (Lipinski definition) is 2. The number of nitrogens with one attached hydrogen (secondary N) is 1. The number of carboxylic acid groups (broad SMARTS) is 1. The molecule has 2 aromatic carbocycles. The van der Waals surface area contributed by atoms with E-state index in [1.807, 2.05) is 55.3 Å². The van der Waals surface area contributed by atoms with E-state index in [2.05, 4.69) is 34.4 Å². The van der Waals surface area contributed by atoms with Gasteiger partial charge in [-0.05, 0) is 69.4 Å². The number of fused-ring (bicyclic) bond motifs is 1. The highest BCUT2D eigenvalue weighted by atomic mass is 35.5. The van der Waals surface area contributed by atoms with Crippen molar-refractivity contribution >= 4 is 40.9 Å². The first-order valence-corrected chi connectivity index (χ1v) is 14.8. The standard InChI is InChI=1S/C32H40ClN5O3.ClH/c1-20-18-24(19-21(2)29(20)33)41-17-7-10-26-25-8-6-9-27(28-22(3)35-36(5)23(28)4)30(25)38(31(26)32(39)40)16-15-37-13-11-34-12-14-37;/h6,8-9,18-19,34H,7,10-17H2,1-5H3,(H,39,40);1H. The topological polar surface area (TPSA) is 84.6 Å². The molecule has 8 nitrogen and oxygen atoms in total. The molecule has 1 aliphatic heterocycles. The lowest BCUT2D eigenvalue weighted by molar-refractivity contribution is 0.0683. The normalized spacial score (nSPS) is 13.9. The summed E-state index contributed by atoms with van der Waals surface area (Å²) in [5.41, 5.74) is 8.27. The Morgan fingerprint density at radius 1 is 1.10 bits per heavy atom. The molecule has 3 heterocycles. The number of nitrogens with zero attached hydrogens (tertiary/aromatic N) is 4. The van der Waals surface area contributed by atoms with Gasteiger partial charge < -0.3 is 19.7 Å². The maximum Gasteiger partial charge on any atom is 0.352 e. The van der Waals surface area contributed by atoms with E-state index in [4.69, 9.17) is 16.3 Å². The molecule has 1 aliphatic rings. The Morgan fingerprint density at radius 3 is 2.40 bits per heavy atom. The fourth-order valence-electron chi connectivity index (χ4n) is 6.17. The van der Waals surface area contributed by atoms with Gasteiger partial charge in [0, 0.05) is 73.5 Å². The maximum absolute atomic E-state index is 12.9. The van der Waals surface area contributed by atoms with Crippen molar-refractivity contribution in [3.8, 4) is 16.9 Å². The second kappa shape index (κ2) is 13.5. The average Bonchev–Trinajstić information content (AvgIpc) is 3.40. The molecule has 2 aromatic heterocycles. The number of aryl methyl sites for hydroxylation is 5. The van der Waals surface area contributed by atoms with Crippen molar-refractivity contribution in [1.29, 1.82) is 0 Å². The van der Waals surface area contributed by atoms with Crippen molar-refractivity contribution in [2.75, 3.05) is 39.3 Å². The average molecular weight is 615 g/mol. The van der Waals surface area contributed by atoms with Gasteiger partial charge in [0.2, 0.25) is 0 Å². The lowest BCUT2D eigenvalue weighted by Gasteiger charge is -2.27. The van der Waals surface area contributed by atoms with Crippen LogP contribution in [0.4, 0.5) is 0 Å². The van der Waals surface area contributed by atoms with E-state index in [0.29, 0.717) is 31.7 Å². The highest BCUT2D eigenvalue weighted by molar-refractivity contribution is 6.32. The van der Waals surface area contributed by atoms with Gasteiger partial charge in [-0.15, -0.1) is 12.4 Å². The molecule has 4 aromatic rings. The highest BCUT2D eigenvalue weighted by Gasteiger charge is 2.26. The molecule has 0 bridgehead atoms. The summed E-state index contributed by atoms with van der Waals surface area (Å²) in [6.45, 7) is 13.7. The van der Waals surface area contributed by atoms with E-state index in [9.17, 15) is 9.90 Å². The third-order valence-corrected chi connectivity index (χ3v) is 8.86. The minimum absolute atomic E-state index is 0. The quantitative estimate of drug-likeness (QED) is 0.215. The smallest absolute Gasteiger partial charge is 0.352 e. The second-order valence-electron chi connectivity index (χ2n) is 11.1. The van der Waals surface area contributed by atoms with Crippen molar-refractivity contribution in [1.82, 2.24) is 24.6 Å². The second-order valence-corrected chi connectivity index (χ2v) is 11.4. The number of aromatic nitrogens is 3. The summed E-state index contributed by atoms with van der Waals surface area (Å²) < 4.78 is 10.0. The molecule has 42 heavy (non-hydrogen) atoms. The van der Waals surface area contributed by atoms with Gasteiger partial charge in [-0.3, -0.25) is 9.58 Å². The van der Waals surface area contributed by atoms with Crippen LogP contribution in [0.15, 0.2) is 30.3 Å². The molecule has 0 spiro atoms. The van der Waals surface area contributed by atoms with Crippen molar-refractivity contribution in [3.63, 3.8) is 0 Å². The Bertz CT molecular complexity index is 1560. The number of ether oxygens (including phenoxy) is 1. The molecule has 1 fully saturated rings. The molecule has 0 atom stereocenters. The van der Waals surface area contributed by atoms with E-state index in [0.717, 1.165) is 93.6 Å². The molecular formula is C32H41Cl2N5O3. The summed E-state index contributed by atoms with van der Waals surface area (Å²) in [4.78, 5) is 15.3. The van der Waals surface area contributed by atoms with E-state index in [1.165, 1.54) is 0 Å². The molecule has 0 saturated carbocycles. The van der Waals surface area contributed by atoms with Crippen molar-refractivity contribution in [2.24, 2.45) is 7.05 Å². The van der Waals surface area contributed by atoms with Crippen LogP contribution < -0.4 is 10.1 Å². The molecule has 0 aliphatic carbocycles. The molecule has 10 heteroatoms. The molecule has 226 valence electrons. The Morgan fingerprint density at radius 2 is 1.79 bits per heavy atom. The van der Waals surface area contributed by atoms with Gasteiger partial charge in [0.15, 0.2) is 0 Å². The largest absolute Gasteiger partial charge is 0.494 e. The number of carbonyl (C=O) groups is 1. The summed E-state index contributed by atoms with van der Waals surface area (Å²) in [6.07, 6.45) is 1.28. The molecule has 0 amide bonds. The van der Waals surface area contributed by atoms with E-state index < -0.39 is 5.97 Å². The number of benzene rings is 2. The number of halogens is 2. The molecule has 1 saturated heterocycles. The zero-order valence-corrected chi connectivity index (χ0v) is 26.7. The van der Waals surface area contributed by atoms with E-state index in [1.54, 1.807) is 0 Å². The predicted octanol–water partition coefficient (Wildman–Crippen LogP) is 5.97. The van der Waals surface area contributed by atoms with E-state index in [-0.39, 0.29) is 12.4 Å². The summed E-state index contributed by atoms with van der Waals surface area (Å²) >= 11 is 6.32. The fourth-order valence-corrected chi connectivity index (χ4v) is 6.28. The molecule has 0 radical (unpaired) electrons. The zero-order chi connectivity index (χ0) is 29.3. The van der Waals surface area contributed by atoms with Crippen LogP contribution in [0.2, 0.25) is 5.02 Å². The van der Waals surface area contributed by atoms with E-state index >= 15 is 0 Å². The third-order valence-electron chi connectivity index (χ3n) is 8.27. The number of aromatic carboxylic acids is 1. The summed E-state index contributed by atoms with van der Waals surface area (Å²) in [7, 11) is 1.95. The maximum atomic E-state index is 12.9. The Balaban J connectivity index is 0.00000405. The SMILES string of the molecule is Cc1cc(OCCCc2c(C(=O)O)n(CCN3CCNCC3)c3c(-c4c(C)nn(C)c4C)cccc23)cc(C)c1Cl.Cl. The van der Waals surface area contributed by atoms with Crippen LogP contribution in [0.5, 0.6) is 5.75 Å². The van der Waals surface area contributed by atoms with Crippen molar-refractivity contribution in [3.05, 3.63) is 69.1 Å². The highest BCUT2D eigenvalue weighted by Crippen LogP contribution is 2.38. The van der Waals surface area contributed by atoms with Gasteiger partial charge in [0.25, 0.3) is 0 Å². The molecule has 2 N–H and O–H groups in total. The van der Waals surface area contributed by atoms with Crippen LogP contribution in [0, 0.1) is 27.7 Å². The summed E-state index contributed by atoms with van der Waals surface area (Å²) in [6, 6.07) is 10.1.